The van der Waals surface area contributed by atoms with E-state index in [2.05, 4.69) is 24.5 Å². The lowest BCUT2D eigenvalue weighted by molar-refractivity contribution is -0.141. The number of likely N-dealkylation sites (tertiary alicyclic amines) is 1. The summed E-state index contributed by atoms with van der Waals surface area (Å²) >= 11 is 0. The number of anilines is 1. The molecule has 2 saturated heterocycles. The van der Waals surface area contributed by atoms with Crippen LogP contribution in [0.15, 0.2) is 36.4 Å². The summed E-state index contributed by atoms with van der Waals surface area (Å²) in [6.07, 6.45) is 7.08. The van der Waals surface area contributed by atoms with E-state index in [1.54, 1.807) is 36.3 Å². The number of methoxy groups -OCH3 is 1. The Balaban J connectivity index is 1.40. The molecular formula is C28H37N3O5. The number of benzene rings is 1. The molecule has 3 fully saturated rings. The maximum Gasteiger partial charge on any atom is 0.246 e. The Hall–Kier alpha value is -2.87. The Kier molecular flexibility index (Phi) is 6.57. The molecule has 1 aromatic rings. The molecule has 5 rings (SSSR count). The third kappa shape index (κ3) is 3.90. The first-order valence-electron chi connectivity index (χ1n) is 13.2. The summed E-state index contributed by atoms with van der Waals surface area (Å²) < 4.78 is 11.6. The molecule has 0 unspecified atom stereocenters. The van der Waals surface area contributed by atoms with E-state index in [-0.39, 0.29) is 23.8 Å². The summed E-state index contributed by atoms with van der Waals surface area (Å²) in [5.74, 6) is -0.456. The topological polar surface area (TPSA) is 97.0 Å². The van der Waals surface area contributed by atoms with Gasteiger partial charge in [-0.05, 0) is 48.9 Å². The fraction of sp³-hybridized carbons (Fsp3) is 0.607. The summed E-state index contributed by atoms with van der Waals surface area (Å²) in [6, 6.07) is 6.36. The predicted octanol–water partition coefficient (Wildman–Crippen LogP) is 3.14. The lowest BCUT2D eigenvalue weighted by atomic mass is 9.73. The molecule has 4 aliphatic rings. The van der Waals surface area contributed by atoms with Gasteiger partial charge in [-0.1, -0.05) is 45.8 Å². The predicted molar refractivity (Wildman–Crippen MR) is 135 cm³/mol. The number of rotatable bonds is 7. The molecule has 1 aliphatic carbocycles. The van der Waals surface area contributed by atoms with Gasteiger partial charge in [-0.2, -0.15) is 0 Å². The number of carbonyl (C=O) groups is 3. The van der Waals surface area contributed by atoms with E-state index in [9.17, 15) is 14.4 Å². The normalized spacial score (nSPS) is 36.6. The SMILES string of the molecule is CCCN1C(=O)[C@@H]2[C@H](C(=O)Nc3ccc(OC)cc3)[C@@H]3C=C[C@@]2(O3)[C@@H]1C(=O)N[C@@H]1CCC[C@@H](C)[C@@H]1C. The minimum absolute atomic E-state index is 0.0760. The van der Waals surface area contributed by atoms with E-state index in [1.807, 2.05) is 19.1 Å². The van der Waals surface area contributed by atoms with Crippen LogP contribution in [0, 0.1) is 23.7 Å². The number of hydrogen-bond donors (Lipinski definition) is 2. The molecule has 0 aromatic heterocycles. The largest absolute Gasteiger partial charge is 0.497 e. The highest BCUT2D eigenvalue weighted by atomic mass is 16.5. The molecule has 8 heteroatoms. The number of carbonyl (C=O) groups excluding carboxylic acids is 3. The van der Waals surface area contributed by atoms with Crippen molar-refractivity contribution in [2.75, 3.05) is 19.0 Å². The maximum atomic E-state index is 13.8. The molecule has 0 radical (unpaired) electrons. The van der Waals surface area contributed by atoms with E-state index in [0.29, 0.717) is 36.2 Å². The lowest BCUT2D eigenvalue weighted by Gasteiger charge is -2.38. The molecule has 2 N–H and O–H groups in total. The Labute approximate surface area is 212 Å². The minimum Gasteiger partial charge on any atom is -0.497 e. The van der Waals surface area contributed by atoms with Crippen LogP contribution in [0.25, 0.3) is 0 Å². The lowest BCUT2D eigenvalue weighted by Crippen LogP contribution is -2.57. The average molecular weight is 496 g/mol. The van der Waals surface area contributed by atoms with Crippen LogP contribution in [0.3, 0.4) is 0 Å². The van der Waals surface area contributed by atoms with Gasteiger partial charge in [0, 0.05) is 18.3 Å². The summed E-state index contributed by atoms with van der Waals surface area (Å²) in [7, 11) is 1.59. The van der Waals surface area contributed by atoms with Gasteiger partial charge in [-0.15, -0.1) is 0 Å². The van der Waals surface area contributed by atoms with Gasteiger partial charge in [-0.3, -0.25) is 14.4 Å². The summed E-state index contributed by atoms with van der Waals surface area (Å²) in [5, 5.41) is 6.21. The second-order valence-electron chi connectivity index (χ2n) is 10.8. The monoisotopic (exact) mass is 495 g/mol. The highest BCUT2D eigenvalue weighted by molar-refractivity contribution is 6.02. The molecule has 3 amide bonds. The van der Waals surface area contributed by atoms with Gasteiger partial charge in [0.05, 0.1) is 25.0 Å². The fourth-order valence-corrected chi connectivity index (χ4v) is 6.70. The first kappa shape index (κ1) is 24.8. The maximum absolute atomic E-state index is 13.8. The van der Waals surface area contributed by atoms with Gasteiger partial charge in [0.1, 0.15) is 17.4 Å². The van der Waals surface area contributed by atoms with Crippen molar-refractivity contribution in [3.8, 4) is 5.75 Å². The molecule has 8 nitrogen and oxygen atoms in total. The third-order valence-corrected chi connectivity index (χ3v) is 8.78. The third-order valence-electron chi connectivity index (χ3n) is 8.78. The van der Waals surface area contributed by atoms with Crippen LogP contribution in [0.2, 0.25) is 0 Å². The van der Waals surface area contributed by atoms with Crippen molar-refractivity contribution in [2.45, 2.75) is 70.2 Å². The summed E-state index contributed by atoms with van der Waals surface area (Å²) in [4.78, 5) is 42.7. The van der Waals surface area contributed by atoms with Gasteiger partial charge in [0.25, 0.3) is 0 Å². The summed E-state index contributed by atoms with van der Waals surface area (Å²) in [5.41, 5.74) is -0.501. The number of nitrogens with one attached hydrogen (secondary N) is 2. The van der Waals surface area contributed by atoms with E-state index in [4.69, 9.17) is 9.47 Å². The Morgan fingerprint density at radius 3 is 2.61 bits per heavy atom. The first-order chi connectivity index (χ1) is 17.3. The zero-order valence-electron chi connectivity index (χ0n) is 21.5. The van der Waals surface area contributed by atoms with Crippen molar-refractivity contribution in [2.24, 2.45) is 23.7 Å². The van der Waals surface area contributed by atoms with Crippen LogP contribution >= 0.6 is 0 Å². The smallest absolute Gasteiger partial charge is 0.246 e. The van der Waals surface area contributed by atoms with E-state index < -0.39 is 29.6 Å². The van der Waals surface area contributed by atoms with Crippen LogP contribution < -0.4 is 15.4 Å². The van der Waals surface area contributed by atoms with Crippen molar-refractivity contribution >= 4 is 23.4 Å². The number of nitrogens with zero attached hydrogens (tertiary/aromatic N) is 1. The van der Waals surface area contributed by atoms with Gasteiger partial charge >= 0.3 is 0 Å². The molecule has 3 heterocycles. The number of fused-ring (bicyclic) bond motifs is 1. The van der Waals surface area contributed by atoms with Crippen molar-refractivity contribution < 1.29 is 23.9 Å². The number of amides is 3. The molecule has 1 aromatic carbocycles. The second-order valence-corrected chi connectivity index (χ2v) is 10.8. The fourth-order valence-electron chi connectivity index (χ4n) is 6.70. The molecule has 194 valence electrons. The summed E-state index contributed by atoms with van der Waals surface area (Å²) in [6.45, 7) is 6.86. The van der Waals surface area contributed by atoms with Crippen LogP contribution in [0.4, 0.5) is 5.69 Å². The van der Waals surface area contributed by atoms with Crippen LogP contribution in [0.5, 0.6) is 5.75 Å². The molecule has 36 heavy (non-hydrogen) atoms. The number of ether oxygens (including phenoxy) is 2. The molecular weight excluding hydrogens is 458 g/mol. The van der Waals surface area contributed by atoms with Gasteiger partial charge in [-0.25, -0.2) is 0 Å². The Morgan fingerprint density at radius 2 is 1.92 bits per heavy atom. The van der Waals surface area contributed by atoms with Gasteiger partial charge < -0.3 is 25.0 Å². The first-order valence-corrected chi connectivity index (χ1v) is 13.2. The van der Waals surface area contributed by atoms with Gasteiger partial charge in [0.15, 0.2) is 0 Å². The van der Waals surface area contributed by atoms with E-state index in [1.165, 1.54) is 6.42 Å². The molecule has 8 atom stereocenters. The minimum atomic E-state index is -1.12. The van der Waals surface area contributed by atoms with Crippen molar-refractivity contribution in [3.05, 3.63) is 36.4 Å². The standard InChI is InChI=1S/C28H37N3O5/c1-5-15-31-24(26(33)30-20-8-6-7-16(2)17(20)3)28-14-13-21(36-28)22(23(28)27(31)34)25(32)29-18-9-11-19(35-4)12-10-18/h9-14,16-17,20-24H,5-8,15H2,1-4H3,(H,29,32)(H,30,33)/t16-,17+,20-,21+,22-,23+,24+,28+/m1/s1. The average Bonchev–Trinajstić information content (AvgIpc) is 3.50. The van der Waals surface area contributed by atoms with Crippen molar-refractivity contribution in [1.82, 2.24) is 10.2 Å². The zero-order valence-corrected chi connectivity index (χ0v) is 21.5. The van der Waals surface area contributed by atoms with E-state index >= 15 is 0 Å². The highest BCUT2D eigenvalue weighted by Crippen LogP contribution is 2.55. The van der Waals surface area contributed by atoms with Crippen molar-refractivity contribution in [1.29, 1.82) is 0 Å². The van der Waals surface area contributed by atoms with Crippen LogP contribution in [-0.2, 0) is 19.1 Å². The second kappa shape index (κ2) is 9.54. The van der Waals surface area contributed by atoms with Crippen LogP contribution in [-0.4, -0.2) is 60.1 Å². The van der Waals surface area contributed by atoms with Gasteiger partial charge in [0.2, 0.25) is 17.7 Å². The molecule has 2 bridgehead atoms. The molecule has 1 spiro atoms. The Morgan fingerprint density at radius 1 is 1.17 bits per heavy atom. The molecule has 1 saturated carbocycles. The van der Waals surface area contributed by atoms with Crippen LogP contribution in [0.1, 0.15) is 46.5 Å². The van der Waals surface area contributed by atoms with E-state index in [0.717, 1.165) is 12.8 Å². The Bertz CT molecular complexity index is 1060. The zero-order chi connectivity index (χ0) is 25.6. The van der Waals surface area contributed by atoms with Crippen molar-refractivity contribution in [3.63, 3.8) is 0 Å². The molecule has 3 aliphatic heterocycles. The quantitative estimate of drug-likeness (QED) is 0.567. The number of hydrogen-bond acceptors (Lipinski definition) is 5. The highest BCUT2D eigenvalue weighted by Gasteiger charge is 2.72.